The average Bonchev–Trinajstić information content (AvgIpc) is 3.77. The minimum atomic E-state index is -0.872. The number of ether oxygens (including phenoxy) is 8. The van der Waals surface area contributed by atoms with Crippen molar-refractivity contribution in [2.24, 2.45) is 17.8 Å². The van der Waals surface area contributed by atoms with Gasteiger partial charge >= 0.3 is 0 Å². The quantitative estimate of drug-likeness (QED) is 0.410. The van der Waals surface area contributed by atoms with Crippen molar-refractivity contribution in [2.75, 3.05) is 6.61 Å². The van der Waals surface area contributed by atoms with Crippen LogP contribution in [0.4, 0.5) is 0 Å². The molecule has 10 rings (SSSR count). The fourth-order valence-corrected chi connectivity index (χ4v) is 11.3. The fourth-order valence-electron chi connectivity index (χ4n) is 11.3. The summed E-state index contributed by atoms with van der Waals surface area (Å²) in [5, 5.41) is 20.0. The van der Waals surface area contributed by atoms with Gasteiger partial charge in [-0.3, -0.25) is 4.79 Å². The molecule has 10 fully saturated rings. The van der Waals surface area contributed by atoms with Crippen molar-refractivity contribution in [1.82, 2.24) is 0 Å². The van der Waals surface area contributed by atoms with Crippen LogP contribution < -0.4 is 0 Å². The third kappa shape index (κ3) is 6.53. The Morgan fingerprint density at radius 2 is 1.49 bits per heavy atom. The molecule has 0 amide bonds. The van der Waals surface area contributed by atoms with E-state index in [1.165, 1.54) is 0 Å². The first-order valence-electron chi connectivity index (χ1n) is 20.0. The number of carbonyl (C=O) groups excluding carboxylic acids is 1. The van der Waals surface area contributed by atoms with E-state index in [1.54, 1.807) is 0 Å². The first-order valence-corrected chi connectivity index (χ1v) is 20.0. The number of carbonyl (C=O) groups is 1. The van der Waals surface area contributed by atoms with E-state index in [2.05, 4.69) is 27.0 Å². The smallest absolute Gasteiger partial charge is 0.172 e. The SMILES string of the molecule is C=C1C[C@@H]2CC[C@@]34C[C@@H]5O[C@H]6[C@@H](O3)C3OC(CCC3O[C@H]6C5O4)CC(=O)C[C@@H]3[C@@H](C)[C@@H](C[C@H](O)CO)O[C@H]3C[C@H]3O[C@@H](CC[C@@H]1O2)C[C@@H](C)C3=C. The molecule has 1 spiro atoms. The molecule has 4 unspecified atom stereocenters. The van der Waals surface area contributed by atoms with Crippen molar-refractivity contribution < 1.29 is 52.9 Å². The Balaban J connectivity index is 0.986. The van der Waals surface area contributed by atoms with E-state index in [9.17, 15) is 15.0 Å². The van der Waals surface area contributed by atoms with Gasteiger partial charge in [-0.15, -0.1) is 0 Å². The number of ketones is 1. The fraction of sp³-hybridized carbons (Fsp3) is 0.875. The maximum absolute atomic E-state index is 14.0. The van der Waals surface area contributed by atoms with Crippen LogP contribution in [0.3, 0.4) is 0 Å². The van der Waals surface area contributed by atoms with Gasteiger partial charge in [-0.05, 0) is 73.8 Å². The number of Topliss-reactive ketones (excluding diaryl/α,β-unsaturated/α-hetero) is 1. The lowest BCUT2D eigenvalue weighted by Crippen LogP contribution is -2.61. The number of aliphatic hydroxyl groups excluding tert-OH is 2. The molecular weight excluding hydrogens is 656 g/mol. The molecule has 10 aliphatic heterocycles. The predicted molar refractivity (Wildman–Crippen MR) is 183 cm³/mol. The molecule has 11 heteroatoms. The van der Waals surface area contributed by atoms with Crippen molar-refractivity contribution >= 4 is 5.78 Å². The molecule has 51 heavy (non-hydrogen) atoms. The third-order valence-electron chi connectivity index (χ3n) is 14.1. The Hall–Kier alpha value is -1.25. The molecule has 0 aliphatic carbocycles. The average molecular weight is 715 g/mol. The van der Waals surface area contributed by atoms with Crippen LogP contribution in [0.2, 0.25) is 0 Å². The molecule has 10 heterocycles. The van der Waals surface area contributed by atoms with Gasteiger partial charge in [0, 0.05) is 38.5 Å². The lowest BCUT2D eigenvalue weighted by atomic mass is 9.79. The van der Waals surface area contributed by atoms with Crippen LogP contribution in [0.25, 0.3) is 0 Å². The Labute approximate surface area is 301 Å². The summed E-state index contributed by atoms with van der Waals surface area (Å²) in [6.45, 7) is 12.9. The number of rotatable bonds is 3. The molecule has 10 saturated heterocycles. The third-order valence-corrected chi connectivity index (χ3v) is 14.1. The number of aliphatic hydroxyl groups is 2. The van der Waals surface area contributed by atoms with Crippen LogP contribution in [0, 0.1) is 17.8 Å². The van der Waals surface area contributed by atoms with Crippen LogP contribution in [-0.4, -0.2) is 120 Å². The molecular formula is C40H58O11. The molecule has 0 aromatic rings. The van der Waals surface area contributed by atoms with Crippen LogP contribution >= 0.6 is 0 Å². The molecule has 19 atom stereocenters. The molecule has 0 aromatic heterocycles. The maximum atomic E-state index is 14.0. The highest BCUT2D eigenvalue weighted by atomic mass is 16.8. The van der Waals surface area contributed by atoms with Gasteiger partial charge in [-0.25, -0.2) is 0 Å². The van der Waals surface area contributed by atoms with Gasteiger partial charge in [-0.2, -0.15) is 0 Å². The topological polar surface area (TPSA) is 131 Å². The van der Waals surface area contributed by atoms with Crippen molar-refractivity contribution in [3.8, 4) is 0 Å². The van der Waals surface area contributed by atoms with Gasteiger partial charge in [0.05, 0.1) is 67.6 Å². The summed E-state index contributed by atoms with van der Waals surface area (Å²) in [6.07, 6.45) is 5.65. The molecule has 284 valence electrons. The summed E-state index contributed by atoms with van der Waals surface area (Å²) < 4.78 is 53.9. The standard InChI is InChI=1S/C40H58O11/c1-19-11-25-5-7-29-20(2)12-27(44-29)9-10-40-17-34-36(50-40)37-38(49-34)39(51-40)35-30(48-37)8-6-26(46-35)13-23(42)14-28-22(4)31(15-24(43)18-41)47-33(28)16-32(45-25)21(19)3/h19,22,24-39,41,43H,2-3,5-18H2,1,4H3/t19-,22-,24+,25+,26?,27+,28-,29+,30?,31-,32-,33+,34+,35?,36?,37+,38-,39+,40+/m1/s1. The van der Waals surface area contributed by atoms with Crippen molar-refractivity contribution in [2.45, 2.75) is 195 Å². The monoisotopic (exact) mass is 714 g/mol. The number of hydrogen-bond donors (Lipinski definition) is 2. The van der Waals surface area contributed by atoms with Crippen molar-refractivity contribution in [1.29, 1.82) is 0 Å². The highest BCUT2D eigenvalue weighted by Crippen LogP contribution is 2.54. The Morgan fingerprint density at radius 3 is 2.33 bits per heavy atom. The predicted octanol–water partition coefficient (Wildman–Crippen LogP) is 4.09. The van der Waals surface area contributed by atoms with Gasteiger partial charge in [0.2, 0.25) is 0 Å². The second-order valence-electron chi connectivity index (χ2n) is 17.5. The van der Waals surface area contributed by atoms with Crippen LogP contribution in [0.1, 0.15) is 97.3 Å². The summed E-state index contributed by atoms with van der Waals surface area (Å²) in [7, 11) is 0. The van der Waals surface area contributed by atoms with E-state index in [4.69, 9.17) is 37.9 Å². The maximum Gasteiger partial charge on any atom is 0.172 e. The zero-order valence-corrected chi connectivity index (χ0v) is 30.3. The summed E-state index contributed by atoms with van der Waals surface area (Å²) in [4.78, 5) is 14.0. The molecule has 0 aromatic carbocycles. The summed E-state index contributed by atoms with van der Waals surface area (Å²) in [5.41, 5.74) is 2.22. The Kier molecular flexibility index (Phi) is 9.59. The Bertz CT molecular complexity index is 1360. The summed E-state index contributed by atoms with van der Waals surface area (Å²) in [6, 6.07) is 0. The largest absolute Gasteiger partial charge is 0.394 e. The normalized spacial score (nSPS) is 53.2. The first-order chi connectivity index (χ1) is 24.6. The lowest BCUT2D eigenvalue weighted by Gasteiger charge is -2.47. The van der Waals surface area contributed by atoms with Crippen molar-refractivity contribution in [3.05, 3.63) is 24.3 Å². The summed E-state index contributed by atoms with van der Waals surface area (Å²) >= 11 is 0. The molecule has 11 nitrogen and oxygen atoms in total. The highest BCUT2D eigenvalue weighted by molar-refractivity contribution is 5.79. The summed E-state index contributed by atoms with van der Waals surface area (Å²) in [5.74, 6) is -0.367. The second kappa shape index (κ2) is 13.8. The van der Waals surface area contributed by atoms with E-state index in [1.807, 2.05) is 0 Å². The Morgan fingerprint density at radius 1 is 0.745 bits per heavy atom. The van der Waals surface area contributed by atoms with Crippen LogP contribution in [0.15, 0.2) is 24.3 Å². The molecule has 10 aliphatic rings. The number of hydrogen-bond acceptors (Lipinski definition) is 11. The van der Waals surface area contributed by atoms with Crippen LogP contribution in [-0.2, 0) is 42.7 Å². The van der Waals surface area contributed by atoms with Crippen LogP contribution in [0.5, 0.6) is 0 Å². The highest BCUT2D eigenvalue weighted by Gasteiger charge is 2.68. The van der Waals surface area contributed by atoms with E-state index in [0.717, 1.165) is 56.1 Å². The zero-order chi connectivity index (χ0) is 35.2. The zero-order valence-electron chi connectivity index (χ0n) is 30.3. The van der Waals surface area contributed by atoms with E-state index >= 15 is 0 Å². The number of fused-ring (bicyclic) bond motifs is 6. The lowest BCUT2D eigenvalue weighted by molar-refractivity contribution is -0.292. The van der Waals surface area contributed by atoms with Gasteiger partial charge in [0.25, 0.3) is 0 Å². The van der Waals surface area contributed by atoms with Gasteiger partial charge in [0.1, 0.15) is 36.3 Å². The minimum Gasteiger partial charge on any atom is -0.394 e. The minimum absolute atomic E-state index is 0.00894. The van der Waals surface area contributed by atoms with Crippen molar-refractivity contribution in [3.63, 3.8) is 0 Å². The second-order valence-corrected chi connectivity index (χ2v) is 17.5. The first kappa shape index (κ1) is 35.5. The van der Waals surface area contributed by atoms with Gasteiger partial charge < -0.3 is 48.1 Å². The van der Waals surface area contributed by atoms with E-state index in [-0.39, 0.29) is 110 Å². The molecule has 0 saturated carbocycles. The molecule has 2 N–H and O–H groups in total. The molecule has 0 radical (unpaired) electrons. The van der Waals surface area contributed by atoms with Gasteiger partial charge in [-0.1, -0.05) is 27.0 Å². The molecule has 12 bridgehead atoms. The van der Waals surface area contributed by atoms with E-state index < -0.39 is 11.9 Å². The van der Waals surface area contributed by atoms with E-state index in [0.29, 0.717) is 44.4 Å². The van der Waals surface area contributed by atoms with Gasteiger partial charge in [0.15, 0.2) is 5.79 Å².